The molecule has 2 aromatic carbocycles. The fraction of sp³-hybridized carbons (Fsp3) is 0.296. The van der Waals surface area contributed by atoms with Crippen molar-refractivity contribution >= 4 is 17.5 Å². The van der Waals surface area contributed by atoms with E-state index in [0.29, 0.717) is 29.2 Å². The van der Waals surface area contributed by atoms with Gasteiger partial charge in [0.15, 0.2) is 0 Å². The number of ether oxygens (including phenoxy) is 3. The Balaban J connectivity index is 1.63. The van der Waals surface area contributed by atoms with Crippen LogP contribution < -0.4 is 14.2 Å². The van der Waals surface area contributed by atoms with Gasteiger partial charge in [0, 0.05) is 37.8 Å². The van der Waals surface area contributed by atoms with E-state index in [9.17, 15) is 9.59 Å². The summed E-state index contributed by atoms with van der Waals surface area (Å²) in [5.74, 6) is 1.35. The monoisotopic (exact) mass is 490 g/mol. The molecule has 0 bridgehead atoms. The molecule has 1 aliphatic heterocycles. The largest absolute Gasteiger partial charge is 0.497 e. The number of benzene rings is 2. The fourth-order valence-electron chi connectivity index (χ4n) is 4.30. The molecule has 0 spiro atoms. The third kappa shape index (κ3) is 4.91. The van der Waals surface area contributed by atoms with Crippen molar-refractivity contribution in [1.82, 2.24) is 14.5 Å². The standard InChI is InChI=1S/C27H30N4O5/c1-29-14-6-7-23(29)22-16-24(21-15-20(35-4)12-13-25(21)36-5)31(28-22)26(32)17-30(2)27(33)18-8-10-19(34-3)11-9-18/h6-15,24H,16-17H2,1-5H3/t24-/m0/s1. The number of hydrogen-bond acceptors (Lipinski definition) is 6. The number of likely N-dealkylation sites (N-methyl/N-ethyl adjacent to an activating group) is 1. The van der Waals surface area contributed by atoms with Gasteiger partial charge in [0.1, 0.15) is 23.8 Å². The molecule has 4 rings (SSSR count). The molecule has 0 radical (unpaired) electrons. The van der Waals surface area contributed by atoms with Crippen molar-refractivity contribution in [3.8, 4) is 17.2 Å². The van der Waals surface area contributed by atoms with Crippen LogP contribution in [0.4, 0.5) is 0 Å². The van der Waals surface area contributed by atoms with Gasteiger partial charge in [-0.25, -0.2) is 5.01 Å². The number of amides is 2. The Morgan fingerprint density at radius 2 is 1.69 bits per heavy atom. The summed E-state index contributed by atoms with van der Waals surface area (Å²) >= 11 is 0. The first-order chi connectivity index (χ1) is 17.4. The van der Waals surface area contributed by atoms with E-state index < -0.39 is 6.04 Å². The predicted octanol–water partition coefficient (Wildman–Crippen LogP) is 3.50. The number of nitrogens with zero attached hydrogens (tertiary/aromatic N) is 4. The summed E-state index contributed by atoms with van der Waals surface area (Å²) in [6.07, 6.45) is 2.42. The summed E-state index contributed by atoms with van der Waals surface area (Å²) in [4.78, 5) is 27.9. The molecular weight excluding hydrogens is 460 g/mol. The van der Waals surface area contributed by atoms with Crippen molar-refractivity contribution in [1.29, 1.82) is 0 Å². The number of aromatic nitrogens is 1. The lowest BCUT2D eigenvalue weighted by Crippen LogP contribution is -2.39. The first kappa shape index (κ1) is 24.8. The fourth-order valence-corrected chi connectivity index (χ4v) is 4.30. The number of hydrazone groups is 1. The third-order valence-electron chi connectivity index (χ3n) is 6.26. The molecule has 1 aliphatic rings. The number of carbonyl (C=O) groups is 2. The molecule has 2 amide bonds. The number of carbonyl (C=O) groups excluding carboxylic acids is 2. The van der Waals surface area contributed by atoms with Gasteiger partial charge in [-0.3, -0.25) is 9.59 Å². The summed E-state index contributed by atoms with van der Waals surface area (Å²) in [5.41, 5.74) is 2.93. The van der Waals surface area contributed by atoms with Crippen LogP contribution in [0.2, 0.25) is 0 Å². The van der Waals surface area contributed by atoms with Crippen LogP contribution >= 0.6 is 0 Å². The molecule has 3 aromatic rings. The Morgan fingerprint density at radius 3 is 2.31 bits per heavy atom. The zero-order valence-corrected chi connectivity index (χ0v) is 21.1. The van der Waals surface area contributed by atoms with Gasteiger partial charge in [0.25, 0.3) is 11.8 Å². The molecule has 0 saturated heterocycles. The lowest BCUT2D eigenvalue weighted by atomic mass is 9.99. The van der Waals surface area contributed by atoms with Gasteiger partial charge < -0.3 is 23.7 Å². The van der Waals surface area contributed by atoms with Gasteiger partial charge >= 0.3 is 0 Å². The summed E-state index contributed by atoms with van der Waals surface area (Å²) in [7, 11) is 8.28. The minimum absolute atomic E-state index is 0.141. The van der Waals surface area contributed by atoms with Gasteiger partial charge in [0.2, 0.25) is 0 Å². The molecule has 0 N–H and O–H groups in total. The summed E-state index contributed by atoms with van der Waals surface area (Å²) < 4.78 is 18.2. The van der Waals surface area contributed by atoms with E-state index in [2.05, 4.69) is 0 Å². The molecule has 0 saturated carbocycles. The van der Waals surface area contributed by atoms with Crippen LogP contribution in [0.15, 0.2) is 65.9 Å². The predicted molar refractivity (Wildman–Crippen MR) is 136 cm³/mol. The molecule has 0 fully saturated rings. The van der Waals surface area contributed by atoms with Crippen LogP contribution in [0.1, 0.15) is 34.1 Å². The van der Waals surface area contributed by atoms with Crippen molar-refractivity contribution in [2.75, 3.05) is 34.9 Å². The van der Waals surface area contributed by atoms with Crippen LogP contribution in [-0.4, -0.2) is 66.9 Å². The van der Waals surface area contributed by atoms with E-state index in [1.165, 1.54) is 9.91 Å². The Hall–Kier alpha value is -4.27. The van der Waals surface area contributed by atoms with E-state index in [-0.39, 0.29) is 18.4 Å². The second kappa shape index (κ2) is 10.6. The van der Waals surface area contributed by atoms with E-state index >= 15 is 0 Å². The van der Waals surface area contributed by atoms with Crippen LogP contribution in [0.3, 0.4) is 0 Å². The molecule has 188 valence electrons. The Kier molecular flexibility index (Phi) is 7.28. The number of methoxy groups -OCH3 is 3. The zero-order valence-electron chi connectivity index (χ0n) is 21.1. The molecule has 1 atom stereocenters. The minimum atomic E-state index is -0.420. The average molecular weight is 491 g/mol. The first-order valence-corrected chi connectivity index (χ1v) is 11.5. The quantitative estimate of drug-likeness (QED) is 0.483. The number of rotatable bonds is 8. The highest BCUT2D eigenvalue weighted by atomic mass is 16.5. The number of hydrogen-bond donors (Lipinski definition) is 0. The smallest absolute Gasteiger partial charge is 0.262 e. The first-order valence-electron chi connectivity index (χ1n) is 11.5. The molecule has 0 unspecified atom stereocenters. The van der Waals surface area contributed by atoms with Gasteiger partial charge in [0.05, 0.1) is 38.8 Å². The van der Waals surface area contributed by atoms with E-state index in [0.717, 1.165) is 17.0 Å². The molecular formula is C27H30N4O5. The lowest BCUT2D eigenvalue weighted by Gasteiger charge is -2.26. The second-order valence-electron chi connectivity index (χ2n) is 8.51. The second-order valence-corrected chi connectivity index (χ2v) is 8.51. The molecule has 1 aromatic heterocycles. The summed E-state index contributed by atoms with van der Waals surface area (Å²) in [6.45, 7) is -0.141. The molecule has 9 nitrogen and oxygen atoms in total. The summed E-state index contributed by atoms with van der Waals surface area (Å²) in [5, 5.41) is 6.17. The van der Waals surface area contributed by atoms with Gasteiger partial charge in [-0.1, -0.05) is 0 Å². The Morgan fingerprint density at radius 1 is 1.00 bits per heavy atom. The maximum Gasteiger partial charge on any atom is 0.262 e. The zero-order chi connectivity index (χ0) is 25.8. The van der Waals surface area contributed by atoms with Crippen molar-refractivity contribution < 1.29 is 23.8 Å². The third-order valence-corrected chi connectivity index (χ3v) is 6.26. The molecule has 36 heavy (non-hydrogen) atoms. The highest BCUT2D eigenvalue weighted by Crippen LogP contribution is 2.39. The van der Waals surface area contributed by atoms with Crippen molar-refractivity contribution in [2.24, 2.45) is 12.1 Å². The molecule has 0 aliphatic carbocycles. The Labute approximate surface area is 210 Å². The maximum atomic E-state index is 13.6. The number of aryl methyl sites for hydroxylation is 1. The highest BCUT2D eigenvalue weighted by molar-refractivity contribution is 6.03. The maximum absolute atomic E-state index is 13.6. The average Bonchev–Trinajstić information content (AvgIpc) is 3.54. The van der Waals surface area contributed by atoms with Crippen molar-refractivity contribution in [2.45, 2.75) is 12.5 Å². The van der Waals surface area contributed by atoms with E-state index in [4.69, 9.17) is 19.3 Å². The van der Waals surface area contributed by atoms with Crippen molar-refractivity contribution in [3.05, 3.63) is 77.6 Å². The molecule has 9 heteroatoms. The normalized spacial score (nSPS) is 14.9. The molecule has 2 heterocycles. The minimum Gasteiger partial charge on any atom is -0.497 e. The summed E-state index contributed by atoms with van der Waals surface area (Å²) in [6, 6.07) is 15.7. The van der Waals surface area contributed by atoms with E-state index in [1.807, 2.05) is 48.1 Å². The van der Waals surface area contributed by atoms with Crippen LogP contribution in [0, 0.1) is 0 Å². The lowest BCUT2D eigenvalue weighted by molar-refractivity contribution is -0.133. The van der Waals surface area contributed by atoms with Crippen LogP contribution in [0.25, 0.3) is 0 Å². The van der Waals surface area contributed by atoms with Gasteiger partial charge in [-0.05, 0) is 54.6 Å². The van der Waals surface area contributed by atoms with E-state index in [1.54, 1.807) is 52.6 Å². The Bertz CT molecular complexity index is 1280. The van der Waals surface area contributed by atoms with Crippen LogP contribution in [-0.2, 0) is 11.8 Å². The van der Waals surface area contributed by atoms with Gasteiger partial charge in [-0.15, -0.1) is 0 Å². The topological polar surface area (TPSA) is 85.6 Å². The highest BCUT2D eigenvalue weighted by Gasteiger charge is 2.36. The SMILES string of the molecule is COc1ccc(C(=O)N(C)CC(=O)N2N=C(c3cccn3C)C[C@H]2c2cc(OC)ccc2OC)cc1. The van der Waals surface area contributed by atoms with Crippen LogP contribution in [0.5, 0.6) is 17.2 Å². The van der Waals surface area contributed by atoms with Gasteiger partial charge in [-0.2, -0.15) is 5.10 Å². The van der Waals surface area contributed by atoms with Crippen molar-refractivity contribution in [3.63, 3.8) is 0 Å².